The Morgan fingerprint density at radius 1 is 0.750 bits per heavy atom. The standard InChI is InChI=1S/C66H104N12O13S/c1-14-43(8)57(51(88-12)38-53(80)78-34-22-26-50(78)58(89-13)44(9)59(81)73-49(63-69-33-36-92-63)37-45-23-17-15-18-24-45)76(10)64(85)55(41(4)5)75-62(84)56(42(6)7)77(11)66(87)90-39-46-28-30-47(31-29-46)71-60(82)48(25-21-32-70-65(67)86)72-61(83)54(40(2)3)74-52(79)27-19-16-20-35-91-68/h15,17-18,23-24,28-31,33,36,40-44,48-51,54-58H,14,16,19-22,25-27,32,34-35,37-39,68H2,1-13H3,(H,71,82)(H,72,83)(H,73,81)(H,74,79)(H,75,84)(H3,67,70,86)/t43-,44+,48-,49-,50-,51+,54-,55-,56-,57?,58+/m0/s1. The molecular weight excluding hydrogens is 1200 g/mol. The van der Waals surface area contributed by atoms with Crippen LogP contribution < -0.4 is 43.5 Å². The number of anilines is 1. The molecule has 0 aliphatic carbocycles. The van der Waals surface area contributed by atoms with Gasteiger partial charge in [-0.25, -0.2) is 20.5 Å². The van der Waals surface area contributed by atoms with E-state index in [0.717, 1.165) is 10.6 Å². The lowest BCUT2D eigenvalue weighted by Gasteiger charge is -2.41. The SMILES string of the molecule is CC[C@H](C)C([C@@H](CC(=O)N1CCC[C@H]1[C@H](OC)[C@@H](C)C(=O)N[C@@H](Cc1ccccc1)c1nccs1)OC)N(C)C(=O)[C@@H](NC(=O)[C@H](C(C)C)N(C)C(=O)OCc1ccc(NC(=O)[C@H](CCCNC(N)=O)NC(=O)[C@@H](NC(=O)CCCCCON)C(C)C)cc1)C(C)C. The summed E-state index contributed by atoms with van der Waals surface area (Å²) in [6.07, 6.45) is 4.53. The molecule has 11 atom stereocenters. The van der Waals surface area contributed by atoms with Crippen molar-refractivity contribution >= 4 is 70.5 Å². The van der Waals surface area contributed by atoms with E-state index < -0.39 is 102 Å². The second-order valence-corrected chi connectivity index (χ2v) is 25.9. The second-order valence-electron chi connectivity index (χ2n) is 24.9. The van der Waals surface area contributed by atoms with Crippen LogP contribution in [0.1, 0.15) is 149 Å². The van der Waals surface area contributed by atoms with E-state index in [-0.39, 0.29) is 74.4 Å². The molecule has 1 aliphatic rings. The normalized spacial score (nSPS) is 16.4. The van der Waals surface area contributed by atoms with Crippen molar-refractivity contribution in [3.05, 3.63) is 82.3 Å². The van der Waals surface area contributed by atoms with Gasteiger partial charge in [-0.15, -0.1) is 11.3 Å². The zero-order chi connectivity index (χ0) is 68.2. The minimum Gasteiger partial charge on any atom is -0.445 e. The van der Waals surface area contributed by atoms with Crippen LogP contribution in [0.3, 0.4) is 0 Å². The number of amides is 10. The van der Waals surface area contributed by atoms with Gasteiger partial charge in [0.2, 0.25) is 41.4 Å². The number of carbonyl (C=O) groups is 9. The van der Waals surface area contributed by atoms with Crippen molar-refractivity contribution in [1.82, 2.24) is 46.3 Å². The highest BCUT2D eigenvalue weighted by molar-refractivity contribution is 7.09. The van der Waals surface area contributed by atoms with Gasteiger partial charge in [0.05, 0.1) is 49.3 Å². The summed E-state index contributed by atoms with van der Waals surface area (Å²) in [6, 6.07) is 10.1. The maximum absolute atomic E-state index is 14.9. The van der Waals surface area contributed by atoms with Crippen LogP contribution in [-0.2, 0) is 65.6 Å². The summed E-state index contributed by atoms with van der Waals surface area (Å²) < 4.78 is 17.9. The molecule has 10 N–H and O–H groups in total. The van der Waals surface area contributed by atoms with Crippen LogP contribution in [0.4, 0.5) is 15.3 Å². The molecule has 1 aliphatic heterocycles. The van der Waals surface area contributed by atoms with Crippen molar-refractivity contribution in [3.8, 4) is 0 Å². The lowest BCUT2D eigenvalue weighted by molar-refractivity contribution is -0.148. The molecule has 10 amide bonds. The minimum absolute atomic E-state index is 0.0683. The fourth-order valence-corrected chi connectivity index (χ4v) is 12.4. The number of rotatable bonds is 39. The van der Waals surface area contributed by atoms with Crippen molar-refractivity contribution in [2.75, 3.05) is 53.3 Å². The highest BCUT2D eigenvalue weighted by Gasteiger charge is 2.44. The molecule has 3 aromatic rings. The van der Waals surface area contributed by atoms with Gasteiger partial charge in [0, 0.05) is 65.1 Å². The number of hydrogen-bond acceptors (Lipinski definition) is 16. The van der Waals surface area contributed by atoms with Gasteiger partial charge in [0.15, 0.2) is 0 Å². The van der Waals surface area contributed by atoms with Gasteiger partial charge in [-0.05, 0) is 91.9 Å². The quantitative estimate of drug-likeness (QED) is 0.0228. The monoisotopic (exact) mass is 1300 g/mol. The average Bonchev–Trinajstić information content (AvgIpc) is 1.35. The van der Waals surface area contributed by atoms with Gasteiger partial charge in [-0.1, -0.05) is 118 Å². The number of thiazole rings is 1. The number of primary amides is 1. The van der Waals surface area contributed by atoms with E-state index >= 15 is 0 Å². The molecule has 2 heterocycles. The number of unbranched alkanes of at least 4 members (excludes halogenated alkanes) is 2. The third kappa shape index (κ3) is 23.7. The van der Waals surface area contributed by atoms with Gasteiger partial charge >= 0.3 is 12.1 Å². The largest absolute Gasteiger partial charge is 0.445 e. The van der Waals surface area contributed by atoms with Crippen molar-refractivity contribution in [1.29, 1.82) is 0 Å². The first kappa shape index (κ1) is 77.2. The smallest absolute Gasteiger partial charge is 0.410 e. The predicted octanol–water partition coefficient (Wildman–Crippen LogP) is 6.36. The van der Waals surface area contributed by atoms with E-state index in [1.807, 2.05) is 70.3 Å². The summed E-state index contributed by atoms with van der Waals surface area (Å²) in [5.41, 5.74) is 7.20. The average molecular weight is 1310 g/mol. The summed E-state index contributed by atoms with van der Waals surface area (Å²) in [7, 11) is 6.18. The Balaban J connectivity index is 1.40. The predicted molar refractivity (Wildman–Crippen MR) is 352 cm³/mol. The van der Waals surface area contributed by atoms with Gasteiger partial charge in [0.1, 0.15) is 35.8 Å². The van der Waals surface area contributed by atoms with Crippen molar-refractivity contribution in [2.45, 2.75) is 194 Å². The molecule has 2 aromatic carbocycles. The number of nitrogens with one attached hydrogen (secondary N) is 6. The molecule has 0 bridgehead atoms. The van der Waals surface area contributed by atoms with Crippen LogP contribution in [-0.4, -0.2) is 170 Å². The number of likely N-dealkylation sites (N-methyl/N-ethyl adjacent to an activating group) is 2. The van der Waals surface area contributed by atoms with Gasteiger partial charge < -0.3 is 66.5 Å². The zero-order valence-electron chi connectivity index (χ0n) is 56.2. The molecule has 4 rings (SSSR count). The van der Waals surface area contributed by atoms with E-state index in [0.29, 0.717) is 69.3 Å². The number of carbonyl (C=O) groups excluding carboxylic acids is 9. The van der Waals surface area contributed by atoms with Gasteiger partial charge in [0.25, 0.3) is 0 Å². The van der Waals surface area contributed by atoms with Crippen LogP contribution in [0.2, 0.25) is 0 Å². The Labute approximate surface area is 547 Å². The first-order valence-electron chi connectivity index (χ1n) is 32.2. The van der Waals surface area contributed by atoms with E-state index in [1.54, 1.807) is 82.1 Å². The molecule has 1 saturated heterocycles. The molecule has 0 spiro atoms. The Hall–Kier alpha value is -7.26. The second kappa shape index (κ2) is 39.3. The summed E-state index contributed by atoms with van der Waals surface area (Å²) in [5, 5.41) is 19.7. The van der Waals surface area contributed by atoms with Crippen LogP contribution in [0.15, 0.2) is 66.2 Å². The van der Waals surface area contributed by atoms with E-state index in [4.69, 9.17) is 25.8 Å². The molecule has 0 saturated carbocycles. The van der Waals surface area contributed by atoms with E-state index in [2.05, 4.69) is 41.7 Å². The van der Waals surface area contributed by atoms with Crippen LogP contribution in [0, 0.1) is 29.6 Å². The topological polar surface area (TPSA) is 337 Å². The first-order valence-corrected chi connectivity index (χ1v) is 33.1. The Kier molecular flexibility index (Phi) is 33.0. The van der Waals surface area contributed by atoms with Crippen LogP contribution in [0.25, 0.3) is 0 Å². The Bertz CT molecular complexity index is 2800. The lowest BCUT2D eigenvalue weighted by atomic mass is 9.89. The number of ether oxygens (including phenoxy) is 3. The number of methoxy groups -OCH3 is 2. The molecule has 1 aromatic heterocycles. The summed E-state index contributed by atoms with van der Waals surface area (Å²) in [5.74, 6) is 0.303. The summed E-state index contributed by atoms with van der Waals surface area (Å²) in [6.45, 7) is 17.3. The van der Waals surface area contributed by atoms with E-state index in [1.165, 1.54) is 30.4 Å². The molecule has 1 fully saturated rings. The first-order chi connectivity index (χ1) is 43.8. The Morgan fingerprint density at radius 3 is 2.02 bits per heavy atom. The van der Waals surface area contributed by atoms with Crippen LogP contribution in [0.5, 0.6) is 0 Å². The molecule has 512 valence electrons. The number of nitrogens with two attached hydrogens (primary N) is 2. The maximum Gasteiger partial charge on any atom is 0.410 e. The van der Waals surface area contributed by atoms with Gasteiger partial charge in [-0.3, -0.25) is 38.5 Å². The molecule has 1 unspecified atom stereocenters. The van der Waals surface area contributed by atoms with Crippen molar-refractivity contribution in [2.24, 2.45) is 41.2 Å². The molecule has 25 nitrogen and oxygen atoms in total. The molecule has 92 heavy (non-hydrogen) atoms. The van der Waals surface area contributed by atoms with Crippen molar-refractivity contribution < 1.29 is 62.2 Å². The zero-order valence-corrected chi connectivity index (χ0v) is 57.0. The summed E-state index contributed by atoms with van der Waals surface area (Å²) in [4.78, 5) is 137. The third-order valence-electron chi connectivity index (χ3n) is 17.1. The number of likely N-dealkylation sites (tertiary alicyclic amines) is 1. The number of aromatic nitrogens is 1. The van der Waals surface area contributed by atoms with Crippen molar-refractivity contribution in [3.63, 3.8) is 0 Å². The third-order valence-corrected chi connectivity index (χ3v) is 17.9. The minimum atomic E-state index is -1.07. The molecular formula is C66H104N12O13S. The fraction of sp³-hybridized carbons (Fsp3) is 0.636. The van der Waals surface area contributed by atoms with Gasteiger partial charge in [-0.2, -0.15) is 0 Å². The Morgan fingerprint density at radius 2 is 1.43 bits per heavy atom. The number of benzene rings is 2. The number of hydrogen-bond donors (Lipinski definition) is 8. The number of nitrogens with zero attached hydrogens (tertiary/aromatic N) is 4. The molecule has 26 heteroatoms. The van der Waals surface area contributed by atoms with Crippen LogP contribution >= 0.6 is 11.3 Å². The fourth-order valence-electron chi connectivity index (χ4n) is 11.7. The lowest BCUT2D eigenvalue weighted by Crippen LogP contribution is -2.60. The summed E-state index contributed by atoms with van der Waals surface area (Å²) >= 11 is 1.47. The van der Waals surface area contributed by atoms with E-state index in [9.17, 15) is 43.2 Å². The molecule has 0 radical (unpaired) electrons. The maximum atomic E-state index is 14.9. The number of urea groups is 1. The highest BCUT2D eigenvalue weighted by atomic mass is 32.1. The highest BCUT2D eigenvalue weighted by Crippen LogP contribution is 2.31.